The van der Waals surface area contributed by atoms with Gasteiger partial charge >= 0.3 is 5.97 Å². The van der Waals surface area contributed by atoms with Crippen molar-refractivity contribution in [3.05, 3.63) is 29.5 Å². The molecule has 0 amide bonds. The minimum atomic E-state index is -0.815. The Kier molecular flexibility index (Phi) is 3.85. The molecule has 4 bridgehead atoms. The summed E-state index contributed by atoms with van der Waals surface area (Å²) < 4.78 is 10.8. The first kappa shape index (κ1) is 17.7. The Bertz CT molecular complexity index is 980. The van der Waals surface area contributed by atoms with Gasteiger partial charge in [0.2, 0.25) is 0 Å². The maximum Gasteiger partial charge on any atom is 0.319 e. The quantitative estimate of drug-likeness (QED) is 0.826. The van der Waals surface area contributed by atoms with Gasteiger partial charge in [0.1, 0.15) is 16.9 Å². The van der Waals surface area contributed by atoms with Gasteiger partial charge in [-0.15, -0.1) is 0 Å². The molecule has 0 radical (unpaired) electrons. The average Bonchev–Trinajstić information content (AvgIpc) is 3.04. The zero-order valence-corrected chi connectivity index (χ0v) is 16.6. The first-order valence-corrected chi connectivity index (χ1v) is 10.0. The van der Waals surface area contributed by atoms with Crippen LogP contribution in [-0.4, -0.2) is 55.0 Å². The maximum absolute atomic E-state index is 13.4. The van der Waals surface area contributed by atoms with Gasteiger partial charge in [-0.25, -0.2) is 0 Å². The van der Waals surface area contributed by atoms with E-state index in [1.165, 1.54) is 7.11 Å². The largest absolute Gasteiger partial charge is 0.497 e. The average molecular weight is 382 g/mol. The van der Waals surface area contributed by atoms with Crippen LogP contribution in [0.25, 0.3) is 10.9 Å². The number of carbonyl (C=O) groups is 2. The summed E-state index contributed by atoms with van der Waals surface area (Å²) in [5.74, 6) is 0.953. The fourth-order valence-corrected chi connectivity index (χ4v) is 6.25. The molecule has 1 aromatic heterocycles. The number of fused-ring (bicyclic) bond motifs is 4. The van der Waals surface area contributed by atoms with Crippen molar-refractivity contribution in [3.8, 4) is 5.75 Å². The Balaban J connectivity index is 1.79. The van der Waals surface area contributed by atoms with Crippen molar-refractivity contribution < 1.29 is 19.1 Å². The summed E-state index contributed by atoms with van der Waals surface area (Å²) in [4.78, 5) is 31.9. The number of H-pyrrole nitrogens is 1. The van der Waals surface area contributed by atoms with Crippen molar-refractivity contribution >= 4 is 22.7 Å². The van der Waals surface area contributed by atoms with Crippen LogP contribution in [0.4, 0.5) is 0 Å². The van der Waals surface area contributed by atoms with Crippen molar-refractivity contribution in [2.45, 2.75) is 37.6 Å². The predicted octanol–water partition coefficient (Wildman–Crippen LogP) is 2.44. The molecule has 3 fully saturated rings. The van der Waals surface area contributed by atoms with E-state index in [0.717, 1.165) is 60.3 Å². The van der Waals surface area contributed by atoms with Gasteiger partial charge in [0.05, 0.1) is 14.2 Å². The SMILES string of the molecule is COC(=O)C12CC3CC(C(C)=O)C1N(CCc1c2[nH]c2ccc(OC)cc12)C3. The second-order valence-electron chi connectivity index (χ2n) is 8.57. The van der Waals surface area contributed by atoms with Crippen molar-refractivity contribution in [1.29, 1.82) is 0 Å². The first-order valence-electron chi connectivity index (χ1n) is 10.0. The maximum atomic E-state index is 13.4. The van der Waals surface area contributed by atoms with Crippen LogP contribution in [0.1, 0.15) is 31.0 Å². The first-order chi connectivity index (χ1) is 13.5. The Morgan fingerprint density at radius 2 is 2.11 bits per heavy atom. The number of methoxy groups -OCH3 is 2. The van der Waals surface area contributed by atoms with E-state index in [4.69, 9.17) is 9.47 Å². The Labute approximate surface area is 164 Å². The van der Waals surface area contributed by atoms with E-state index in [-0.39, 0.29) is 23.7 Å². The summed E-state index contributed by atoms with van der Waals surface area (Å²) in [6.45, 7) is 3.47. The monoisotopic (exact) mass is 382 g/mol. The van der Waals surface area contributed by atoms with E-state index in [2.05, 4.69) is 9.88 Å². The Morgan fingerprint density at radius 1 is 1.29 bits per heavy atom. The summed E-state index contributed by atoms with van der Waals surface area (Å²) >= 11 is 0. The van der Waals surface area contributed by atoms with Crippen molar-refractivity contribution in [2.24, 2.45) is 11.8 Å². The van der Waals surface area contributed by atoms with E-state index >= 15 is 0 Å². The molecule has 2 aromatic rings. The number of aromatic nitrogens is 1. The molecule has 4 heterocycles. The number of nitrogens with one attached hydrogen (secondary N) is 1. The van der Waals surface area contributed by atoms with Crippen LogP contribution in [0.5, 0.6) is 5.75 Å². The molecule has 1 N–H and O–H groups in total. The van der Waals surface area contributed by atoms with Gasteiger partial charge in [-0.2, -0.15) is 0 Å². The number of hydrogen-bond donors (Lipinski definition) is 1. The minimum absolute atomic E-state index is 0.126. The number of piperidine rings is 2. The number of benzene rings is 1. The van der Waals surface area contributed by atoms with Gasteiger partial charge in [0, 0.05) is 41.6 Å². The van der Waals surface area contributed by atoms with Crippen LogP contribution < -0.4 is 4.74 Å². The van der Waals surface area contributed by atoms with Crippen LogP contribution in [0.15, 0.2) is 18.2 Å². The molecule has 6 rings (SSSR count). The lowest BCUT2D eigenvalue weighted by molar-refractivity contribution is -0.163. The highest BCUT2D eigenvalue weighted by Gasteiger charge is 2.63. The highest BCUT2D eigenvalue weighted by Crippen LogP contribution is 2.55. The lowest BCUT2D eigenvalue weighted by Gasteiger charge is -2.57. The number of hydrogen-bond acceptors (Lipinski definition) is 5. The van der Waals surface area contributed by atoms with Crippen molar-refractivity contribution in [1.82, 2.24) is 9.88 Å². The number of rotatable bonds is 3. The number of esters is 1. The Hall–Kier alpha value is -2.34. The number of aromatic amines is 1. The molecule has 4 aliphatic rings. The van der Waals surface area contributed by atoms with Crippen LogP contribution in [0.2, 0.25) is 0 Å². The molecule has 2 saturated heterocycles. The zero-order valence-electron chi connectivity index (χ0n) is 16.6. The minimum Gasteiger partial charge on any atom is -0.497 e. The molecule has 6 heteroatoms. The molecule has 0 spiro atoms. The molecule has 148 valence electrons. The number of nitrogens with zero attached hydrogens (tertiary/aromatic N) is 1. The molecule has 3 aliphatic heterocycles. The van der Waals surface area contributed by atoms with Gasteiger partial charge in [-0.3, -0.25) is 14.5 Å². The third-order valence-electron chi connectivity index (χ3n) is 7.25. The topological polar surface area (TPSA) is 71.6 Å². The van der Waals surface area contributed by atoms with E-state index in [1.807, 2.05) is 18.2 Å². The fraction of sp³-hybridized carbons (Fsp3) is 0.545. The number of Topliss-reactive ketones (excluding diaryl/α,β-unsaturated/α-hetero) is 1. The lowest BCUT2D eigenvalue weighted by Crippen LogP contribution is -2.68. The van der Waals surface area contributed by atoms with Crippen LogP contribution >= 0.6 is 0 Å². The summed E-state index contributed by atoms with van der Waals surface area (Å²) in [5.41, 5.74) is 2.30. The molecule has 5 unspecified atom stereocenters. The van der Waals surface area contributed by atoms with Crippen molar-refractivity contribution in [2.75, 3.05) is 27.3 Å². The summed E-state index contributed by atoms with van der Waals surface area (Å²) in [5, 5.41) is 1.10. The molecule has 28 heavy (non-hydrogen) atoms. The molecular weight excluding hydrogens is 356 g/mol. The Morgan fingerprint density at radius 3 is 2.82 bits per heavy atom. The van der Waals surface area contributed by atoms with Crippen molar-refractivity contribution in [3.63, 3.8) is 0 Å². The number of ketones is 1. The molecular formula is C22H26N2O4. The van der Waals surface area contributed by atoms with E-state index in [0.29, 0.717) is 5.92 Å². The molecule has 6 nitrogen and oxygen atoms in total. The highest BCUT2D eigenvalue weighted by atomic mass is 16.5. The highest BCUT2D eigenvalue weighted by molar-refractivity contribution is 5.93. The van der Waals surface area contributed by atoms with Gasteiger partial charge in [0.25, 0.3) is 0 Å². The van der Waals surface area contributed by atoms with E-state index < -0.39 is 5.41 Å². The second kappa shape index (κ2) is 6.08. The van der Waals surface area contributed by atoms with Gasteiger partial charge in [-0.1, -0.05) is 0 Å². The predicted molar refractivity (Wildman–Crippen MR) is 105 cm³/mol. The summed E-state index contributed by atoms with van der Waals surface area (Å²) in [6.07, 6.45) is 2.45. The normalized spacial score (nSPS) is 33.2. The summed E-state index contributed by atoms with van der Waals surface area (Å²) in [7, 11) is 3.13. The van der Waals surface area contributed by atoms with Crippen LogP contribution in [0.3, 0.4) is 0 Å². The molecule has 1 aliphatic carbocycles. The van der Waals surface area contributed by atoms with Gasteiger partial charge in [-0.05, 0) is 55.9 Å². The number of ether oxygens (including phenoxy) is 2. The summed E-state index contributed by atoms with van der Waals surface area (Å²) in [6, 6.07) is 5.84. The molecule has 1 saturated carbocycles. The fourth-order valence-electron chi connectivity index (χ4n) is 6.25. The van der Waals surface area contributed by atoms with E-state index in [9.17, 15) is 9.59 Å². The van der Waals surface area contributed by atoms with Gasteiger partial charge < -0.3 is 14.5 Å². The second-order valence-corrected chi connectivity index (χ2v) is 8.57. The van der Waals surface area contributed by atoms with E-state index in [1.54, 1.807) is 14.0 Å². The third-order valence-corrected chi connectivity index (χ3v) is 7.25. The molecule has 1 aromatic carbocycles. The standard InChI is InChI=1S/C22H26N2O4/c1-12(25)16-8-13-10-22(21(26)28-3)19-15(6-7-24(11-13)20(16)22)17-9-14(27-2)4-5-18(17)23-19/h4-5,9,13,16,20,23H,6-8,10-11H2,1-3H3. The third kappa shape index (κ3) is 2.18. The zero-order chi connectivity index (χ0) is 19.6. The van der Waals surface area contributed by atoms with Gasteiger partial charge in [0.15, 0.2) is 0 Å². The lowest BCUT2D eigenvalue weighted by atomic mass is 9.56. The smallest absolute Gasteiger partial charge is 0.319 e. The van der Waals surface area contributed by atoms with Crippen LogP contribution in [0, 0.1) is 11.8 Å². The van der Waals surface area contributed by atoms with Crippen LogP contribution in [-0.2, 0) is 26.2 Å². The molecule has 5 atom stereocenters. The number of carbonyl (C=O) groups excluding carboxylic acids is 2.